The second-order valence-electron chi connectivity index (χ2n) is 4.35. The van der Waals surface area contributed by atoms with Crippen LogP contribution in [0.15, 0.2) is 12.1 Å². The molecule has 5 nitrogen and oxygen atoms in total. The summed E-state index contributed by atoms with van der Waals surface area (Å²) in [6.07, 6.45) is 0. The van der Waals surface area contributed by atoms with E-state index in [-0.39, 0.29) is 6.61 Å². The number of aliphatic hydroxyl groups is 1. The minimum absolute atomic E-state index is 0.0500. The van der Waals surface area contributed by atoms with Gasteiger partial charge in [0.1, 0.15) is 0 Å². The van der Waals surface area contributed by atoms with E-state index in [9.17, 15) is 0 Å². The summed E-state index contributed by atoms with van der Waals surface area (Å²) in [6.45, 7) is 5.21. The van der Waals surface area contributed by atoms with Gasteiger partial charge < -0.3 is 14.9 Å². The van der Waals surface area contributed by atoms with Gasteiger partial charge in [-0.1, -0.05) is 0 Å². The van der Waals surface area contributed by atoms with E-state index >= 15 is 0 Å². The fraction of sp³-hybridized carbons (Fsp3) is 0.636. The molecule has 1 N–H and O–H groups in total. The number of rotatable bonds is 2. The van der Waals surface area contributed by atoms with Gasteiger partial charge in [0.05, 0.1) is 12.3 Å². The molecule has 0 radical (unpaired) electrons. The van der Waals surface area contributed by atoms with Crippen molar-refractivity contribution < 1.29 is 5.11 Å². The first-order chi connectivity index (χ1) is 7.70. The van der Waals surface area contributed by atoms with Gasteiger partial charge in [-0.15, -0.1) is 5.10 Å². The highest BCUT2D eigenvalue weighted by Gasteiger charge is 2.22. The molecule has 1 aliphatic rings. The molecular weight excluding hydrogens is 204 g/mol. The van der Waals surface area contributed by atoms with Crippen molar-refractivity contribution in [3.8, 4) is 0 Å². The Morgan fingerprint density at radius 2 is 2.19 bits per heavy atom. The van der Waals surface area contributed by atoms with Crippen molar-refractivity contribution in [1.82, 2.24) is 15.1 Å². The zero-order chi connectivity index (χ0) is 11.5. The van der Waals surface area contributed by atoms with Gasteiger partial charge in [-0.25, -0.2) is 0 Å². The van der Waals surface area contributed by atoms with Crippen LogP contribution in [-0.2, 0) is 6.61 Å². The van der Waals surface area contributed by atoms with Gasteiger partial charge in [0.2, 0.25) is 0 Å². The Bertz CT molecular complexity index is 340. The Morgan fingerprint density at radius 1 is 1.38 bits per heavy atom. The molecule has 0 bridgehead atoms. The highest BCUT2D eigenvalue weighted by atomic mass is 16.3. The summed E-state index contributed by atoms with van der Waals surface area (Å²) in [6, 6.07) is 4.21. The number of anilines is 1. The summed E-state index contributed by atoms with van der Waals surface area (Å²) in [5.74, 6) is 0.901. The molecule has 1 unspecified atom stereocenters. The Labute approximate surface area is 95.7 Å². The highest BCUT2D eigenvalue weighted by Crippen LogP contribution is 2.16. The van der Waals surface area contributed by atoms with Gasteiger partial charge in [-0.2, -0.15) is 5.10 Å². The zero-order valence-electron chi connectivity index (χ0n) is 9.80. The molecule has 1 saturated heterocycles. The Kier molecular flexibility index (Phi) is 3.36. The third-order valence-corrected chi connectivity index (χ3v) is 2.99. The Balaban J connectivity index is 2.11. The first kappa shape index (κ1) is 11.3. The van der Waals surface area contributed by atoms with E-state index in [1.807, 2.05) is 12.1 Å². The molecule has 88 valence electrons. The van der Waals surface area contributed by atoms with Gasteiger partial charge in [0.15, 0.2) is 5.82 Å². The normalized spacial score (nSPS) is 22.4. The molecule has 0 saturated carbocycles. The minimum atomic E-state index is -0.0500. The summed E-state index contributed by atoms with van der Waals surface area (Å²) >= 11 is 0. The molecule has 0 aromatic carbocycles. The average molecular weight is 222 g/mol. The van der Waals surface area contributed by atoms with E-state index in [4.69, 9.17) is 5.11 Å². The van der Waals surface area contributed by atoms with Crippen LogP contribution in [0.25, 0.3) is 0 Å². The molecule has 2 heterocycles. The molecule has 1 aromatic rings. The van der Waals surface area contributed by atoms with Crippen molar-refractivity contribution in [2.45, 2.75) is 19.6 Å². The number of piperazine rings is 1. The predicted octanol–water partition coefficient (Wildman–Crippen LogP) is 0.109. The van der Waals surface area contributed by atoms with Crippen molar-refractivity contribution in [2.75, 3.05) is 31.6 Å². The highest BCUT2D eigenvalue weighted by molar-refractivity contribution is 5.39. The van der Waals surface area contributed by atoms with E-state index in [2.05, 4.69) is 34.0 Å². The standard InChI is InChI=1S/C11H18N4O/c1-9-7-14(2)5-6-15(9)11-4-3-10(8-16)12-13-11/h3-4,9,16H,5-8H2,1-2H3. The van der Waals surface area contributed by atoms with E-state index in [0.717, 1.165) is 25.5 Å². The van der Waals surface area contributed by atoms with Crippen LogP contribution in [-0.4, -0.2) is 52.9 Å². The summed E-state index contributed by atoms with van der Waals surface area (Å²) in [7, 11) is 2.13. The molecule has 2 rings (SSSR count). The van der Waals surface area contributed by atoms with Crippen LogP contribution in [0.2, 0.25) is 0 Å². The lowest BCUT2D eigenvalue weighted by Gasteiger charge is -2.38. The third-order valence-electron chi connectivity index (χ3n) is 2.99. The number of likely N-dealkylation sites (N-methyl/N-ethyl adjacent to an activating group) is 1. The maximum absolute atomic E-state index is 8.90. The van der Waals surface area contributed by atoms with Gasteiger partial charge in [0.25, 0.3) is 0 Å². The maximum Gasteiger partial charge on any atom is 0.151 e. The molecule has 1 aromatic heterocycles. The van der Waals surface area contributed by atoms with Crippen molar-refractivity contribution in [3.05, 3.63) is 17.8 Å². The van der Waals surface area contributed by atoms with Gasteiger partial charge >= 0.3 is 0 Å². The lowest BCUT2D eigenvalue weighted by atomic mass is 10.2. The molecule has 0 amide bonds. The topological polar surface area (TPSA) is 52.5 Å². The fourth-order valence-corrected chi connectivity index (χ4v) is 2.07. The molecule has 1 atom stereocenters. The number of nitrogens with zero attached hydrogens (tertiary/aromatic N) is 4. The van der Waals surface area contributed by atoms with E-state index < -0.39 is 0 Å². The van der Waals surface area contributed by atoms with E-state index in [0.29, 0.717) is 11.7 Å². The molecule has 1 fully saturated rings. The molecule has 16 heavy (non-hydrogen) atoms. The van der Waals surface area contributed by atoms with Crippen molar-refractivity contribution >= 4 is 5.82 Å². The predicted molar refractivity (Wildman–Crippen MR) is 62.3 cm³/mol. The summed E-state index contributed by atoms with van der Waals surface area (Å²) in [4.78, 5) is 4.57. The number of aliphatic hydroxyl groups excluding tert-OH is 1. The van der Waals surface area contributed by atoms with Crippen LogP contribution >= 0.6 is 0 Å². The van der Waals surface area contributed by atoms with Crippen LogP contribution in [0.3, 0.4) is 0 Å². The van der Waals surface area contributed by atoms with Crippen LogP contribution < -0.4 is 4.90 Å². The van der Waals surface area contributed by atoms with Gasteiger partial charge in [-0.3, -0.25) is 0 Å². The zero-order valence-corrected chi connectivity index (χ0v) is 9.80. The monoisotopic (exact) mass is 222 g/mol. The van der Waals surface area contributed by atoms with Crippen molar-refractivity contribution in [2.24, 2.45) is 0 Å². The molecule has 0 aliphatic carbocycles. The van der Waals surface area contributed by atoms with Crippen LogP contribution in [0.5, 0.6) is 0 Å². The van der Waals surface area contributed by atoms with Crippen molar-refractivity contribution in [3.63, 3.8) is 0 Å². The lowest BCUT2D eigenvalue weighted by molar-refractivity contribution is 0.271. The maximum atomic E-state index is 8.90. The van der Waals surface area contributed by atoms with Crippen molar-refractivity contribution in [1.29, 1.82) is 0 Å². The van der Waals surface area contributed by atoms with Crippen LogP contribution in [0.4, 0.5) is 5.82 Å². The van der Waals surface area contributed by atoms with Crippen LogP contribution in [0, 0.1) is 0 Å². The first-order valence-electron chi connectivity index (χ1n) is 5.59. The van der Waals surface area contributed by atoms with E-state index in [1.165, 1.54) is 0 Å². The first-order valence-corrected chi connectivity index (χ1v) is 5.59. The van der Waals surface area contributed by atoms with E-state index in [1.54, 1.807) is 0 Å². The SMILES string of the molecule is CC1CN(C)CCN1c1ccc(CO)nn1. The summed E-state index contributed by atoms with van der Waals surface area (Å²) < 4.78 is 0. The van der Waals surface area contributed by atoms with Gasteiger partial charge in [0, 0.05) is 25.7 Å². The molecule has 0 spiro atoms. The van der Waals surface area contributed by atoms with Gasteiger partial charge in [-0.05, 0) is 26.1 Å². The summed E-state index contributed by atoms with van der Waals surface area (Å²) in [5.41, 5.74) is 0.616. The third kappa shape index (κ3) is 2.31. The molecule has 5 heteroatoms. The largest absolute Gasteiger partial charge is 0.390 e. The smallest absolute Gasteiger partial charge is 0.151 e. The Morgan fingerprint density at radius 3 is 2.75 bits per heavy atom. The number of aromatic nitrogens is 2. The van der Waals surface area contributed by atoms with Crippen LogP contribution in [0.1, 0.15) is 12.6 Å². The second-order valence-corrected chi connectivity index (χ2v) is 4.35. The average Bonchev–Trinajstić information content (AvgIpc) is 2.29. The Hall–Kier alpha value is -1.20. The lowest BCUT2D eigenvalue weighted by Crippen LogP contribution is -2.50. The molecule has 1 aliphatic heterocycles. The second kappa shape index (κ2) is 4.76. The fourth-order valence-electron chi connectivity index (χ4n) is 2.07. The number of hydrogen-bond acceptors (Lipinski definition) is 5. The minimum Gasteiger partial charge on any atom is -0.390 e. The quantitative estimate of drug-likeness (QED) is 0.769. The molecular formula is C11H18N4O. The number of hydrogen-bond donors (Lipinski definition) is 1. The summed E-state index contributed by atoms with van der Waals surface area (Å²) in [5, 5.41) is 17.0.